The van der Waals surface area contributed by atoms with Gasteiger partial charge < -0.3 is 10.2 Å². The van der Waals surface area contributed by atoms with Crippen LogP contribution in [-0.2, 0) is 0 Å². The van der Waals surface area contributed by atoms with Crippen molar-refractivity contribution >= 4 is 11.6 Å². The molecule has 2 atom stereocenters. The minimum Gasteiger partial charge on any atom is -0.508 e. The molecule has 4 N–H and O–H groups in total. The van der Waals surface area contributed by atoms with E-state index >= 15 is 0 Å². The van der Waals surface area contributed by atoms with Crippen molar-refractivity contribution in [1.82, 2.24) is 15.8 Å². The summed E-state index contributed by atoms with van der Waals surface area (Å²) in [5.74, 6) is -0.0262. The van der Waals surface area contributed by atoms with Crippen LogP contribution < -0.4 is 10.9 Å². The number of hydrogen-bond donors (Lipinski definition) is 4. The molecule has 0 amide bonds. The van der Waals surface area contributed by atoms with Crippen molar-refractivity contribution < 1.29 is 10.2 Å². The van der Waals surface area contributed by atoms with Crippen LogP contribution in [0.25, 0.3) is 0 Å². The Labute approximate surface area is 122 Å². The van der Waals surface area contributed by atoms with Crippen LogP contribution in [0.15, 0.2) is 42.6 Å². The number of hydrazine groups is 1. The lowest BCUT2D eigenvalue weighted by molar-refractivity contribution is 0.111. The quantitative estimate of drug-likeness (QED) is 0.503. The monoisotopic (exact) mass is 293 g/mol. The van der Waals surface area contributed by atoms with Crippen LogP contribution in [0.1, 0.15) is 30.5 Å². The highest BCUT2D eigenvalue weighted by Crippen LogP contribution is 2.25. The Bertz CT molecular complexity index is 566. The van der Waals surface area contributed by atoms with Crippen molar-refractivity contribution in [2.45, 2.75) is 19.2 Å². The van der Waals surface area contributed by atoms with Crippen molar-refractivity contribution in [3.63, 3.8) is 0 Å². The lowest BCUT2D eigenvalue weighted by atomic mass is 10.2. The van der Waals surface area contributed by atoms with Crippen LogP contribution in [0.5, 0.6) is 5.75 Å². The summed E-state index contributed by atoms with van der Waals surface area (Å²) in [6.07, 6.45) is 0.618. The largest absolute Gasteiger partial charge is 0.508 e. The van der Waals surface area contributed by atoms with E-state index in [1.165, 1.54) is 12.1 Å². The highest BCUT2D eigenvalue weighted by molar-refractivity contribution is 6.30. The number of hydrogen-bond acceptors (Lipinski definition) is 5. The van der Waals surface area contributed by atoms with Gasteiger partial charge in [-0.05, 0) is 37.3 Å². The van der Waals surface area contributed by atoms with Gasteiger partial charge in [-0.1, -0.05) is 17.7 Å². The average molecular weight is 294 g/mol. The summed E-state index contributed by atoms with van der Waals surface area (Å²) < 4.78 is 0. The van der Waals surface area contributed by atoms with Gasteiger partial charge >= 0.3 is 0 Å². The second-order valence-electron chi connectivity index (χ2n) is 4.37. The number of halogens is 1. The highest BCUT2D eigenvalue weighted by Gasteiger charge is 2.14. The molecular formula is C14H16ClN3O2. The molecule has 1 aromatic carbocycles. The lowest BCUT2D eigenvalue weighted by Crippen LogP contribution is -2.37. The van der Waals surface area contributed by atoms with Gasteiger partial charge in [-0.3, -0.25) is 4.98 Å². The third-order valence-electron chi connectivity index (χ3n) is 2.85. The summed E-state index contributed by atoms with van der Waals surface area (Å²) >= 11 is 5.84. The van der Waals surface area contributed by atoms with Gasteiger partial charge in [0, 0.05) is 16.8 Å². The van der Waals surface area contributed by atoms with E-state index in [0.717, 1.165) is 5.69 Å². The van der Waals surface area contributed by atoms with E-state index in [-0.39, 0.29) is 11.8 Å². The smallest absolute Gasteiger partial charge is 0.146 e. The molecule has 2 unspecified atom stereocenters. The number of aliphatic hydroxyl groups is 1. The van der Waals surface area contributed by atoms with Crippen molar-refractivity contribution in [3.8, 4) is 5.75 Å². The number of phenols is 1. The van der Waals surface area contributed by atoms with Gasteiger partial charge in [0.2, 0.25) is 0 Å². The molecule has 0 radical (unpaired) electrons. The van der Waals surface area contributed by atoms with E-state index in [4.69, 9.17) is 11.6 Å². The molecule has 20 heavy (non-hydrogen) atoms. The minimum atomic E-state index is -1.08. The third kappa shape index (κ3) is 3.68. The van der Waals surface area contributed by atoms with Crippen LogP contribution >= 0.6 is 11.6 Å². The lowest BCUT2D eigenvalue weighted by Gasteiger charge is -2.19. The zero-order valence-corrected chi connectivity index (χ0v) is 11.7. The summed E-state index contributed by atoms with van der Waals surface area (Å²) in [7, 11) is 0. The van der Waals surface area contributed by atoms with Crippen molar-refractivity contribution in [1.29, 1.82) is 0 Å². The van der Waals surface area contributed by atoms with E-state index in [1.54, 1.807) is 12.3 Å². The number of aromatic nitrogens is 1. The predicted molar refractivity (Wildman–Crippen MR) is 77.0 cm³/mol. The second-order valence-corrected chi connectivity index (χ2v) is 4.81. The molecule has 0 spiro atoms. The fraction of sp³-hybridized carbons (Fsp3) is 0.214. The SMILES string of the molecule is CC(NNC(O)c1cc(Cl)ccc1O)c1ccccn1. The molecule has 0 aliphatic carbocycles. The van der Waals surface area contributed by atoms with Gasteiger partial charge in [-0.2, -0.15) is 0 Å². The topological polar surface area (TPSA) is 77.4 Å². The number of pyridine rings is 1. The maximum Gasteiger partial charge on any atom is 0.146 e. The molecule has 5 nitrogen and oxygen atoms in total. The molecule has 0 bridgehead atoms. The Kier molecular flexibility index (Phi) is 4.92. The van der Waals surface area contributed by atoms with E-state index in [1.807, 2.05) is 25.1 Å². The first-order chi connectivity index (χ1) is 9.58. The summed E-state index contributed by atoms with van der Waals surface area (Å²) in [5.41, 5.74) is 6.78. The fourth-order valence-corrected chi connectivity index (χ4v) is 1.91. The summed E-state index contributed by atoms with van der Waals surface area (Å²) in [4.78, 5) is 4.21. The maximum absolute atomic E-state index is 10.0. The number of benzene rings is 1. The van der Waals surface area contributed by atoms with Gasteiger partial charge in [0.05, 0.1) is 11.7 Å². The first-order valence-corrected chi connectivity index (χ1v) is 6.54. The normalized spacial score (nSPS) is 13.9. The highest BCUT2D eigenvalue weighted by atomic mass is 35.5. The zero-order valence-electron chi connectivity index (χ0n) is 10.9. The van der Waals surface area contributed by atoms with E-state index in [9.17, 15) is 10.2 Å². The number of phenolic OH excluding ortho intramolecular Hbond substituents is 1. The van der Waals surface area contributed by atoms with Crippen molar-refractivity contribution in [2.24, 2.45) is 0 Å². The molecule has 0 saturated carbocycles. The van der Waals surface area contributed by atoms with E-state index in [0.29, 0.717) is 10.6 Å². The molecule has 1 aromatic heterocycles. The van der Waals surface area contributed by atoms with Crippen LogP contribution in [-0.4, -0.2) is 15.2 Å². The standard InChI is InChI=1S/C14H16ClN3O2/c1-9(12-4-2-3-7-16-12)17-18-14(20)11-8-10(15)5-6-13(11)19/h2-9,14,17-20H,1H3. The van der Waals surface area contributed by atoms with Gasteiger partial charge in [0.25, 0.3) is 0 Å². The fourth-order valence-electron chi connectivity index (χ4n) is 1.73. The number of aliphatic hydroxyl groups excluding tert-OH is 1. The zero-order chi connectivity index (χ0) is 14.5. The van der Waals surface area contributed by atoms with Crippen molar-refractivity contribution in [2.75, 3.05) is 0 Å². The Morgan fingerprint density at radius 3 is 2.70 bits per heavy atom. The first kappa shape index (κ1) is 14.7. The van der Waals surface area contributed by atoms with E-state index in [2.05, 4.69) is 15.8 Å². The summed E-state index contributed by atoms with van der Waals surface area (Å²) in [6.45, 7) is 1.90. The van der Waals surface area contributed by atoms with Crippen LogP contribution in [0.2, 0.25) is 5.02 Å². The van der Waals surface area contributed by atoms with Crippen molar-refractivity contribution in [3.05, 3.63) is 58.9 Å². The Hall–Kier alpha value is -1.66. The molecule has 106 valence electrons. The Balaban J connectivity index is 1.98. The molecule has 6 heteroatoms. The van der Waals surface area contributed by atoms with Gasteiger partial charge in [0.1, 0.15) is 12.0 Å². The predicted octanol–water partition coefficient (Wildman–Crippen LogP) is 2.29. The molecule has 2 rings (SSSR count). The van der Waals surface area contributed by atoms with Gasteiger partial charge in [-0.25, -0.2) is 10.9 Å². The first-order valence-electron chi connectivity index (χ1n) is 6.16. The third-order valence-corrected chi connectivity index (χ3v) is 3.09. The van der Waals surface area contributed by atoms with Gasteiger partial charge in [0.15, 0.2) is 0 Å². The number of nitrogens with one attached hydrogen (secondary N) is 2. The Morgan fingerprint density at radius 2 is 2.00 bits per heavy atom. The maximum atomic E-state index is 10.0. The summed E-state index contributed by atoms with van der Waals surface area (Å²) in [5, 5.41) is 20.1. The molecule has 1 heterocycles. The second kappa shape index (κ2) is 6.67. The molecule has 0 aliphatic rings. The summed E-state index contributed by atoms with van der Waals surface area (Å²) in [6, 6.07) is 9.99. The van der Waals surface area contributed by atoms with Crippen LogP contribution in [0, 0.1) is 0 Å². The minimum absolute atomic E-state index is 0.0262. The number of nitrogens with zero attached hydrogens (tertiary/aromatic N) is 1. The number of rotatable bonds is 5. The molecular weight excluding hydrogens is 278 g/mol. The van der Waals surface area contributed by atoms with Crippen LogP contribution in [0.4, 0.5) is 0 Å². The molecule has 2 aromatic rings. The Morgan fingerprint density at radius 1 is 1.20 bits per heavy atom. The van der Waals surface area contributed by atoms with E-state index < -0.39 is 6.23 Å². The van der Waals surface area contributed by atoms with Crippen LogP contribution in [0.3, 0.4) is 0 Å². The average Bonchev–Trinajstić information content (AvgIpc) is 2.47. The van der Waals surface area contributed by atoms with Gasteiger partial charge in [-0.15, -0.1) is 0 Å². The molecule has 0 saturated heterocycles. The molecule has 0 aliphatic heterocycles. The molecule has 0 fully saturated rings. The number of aromatic hydroxyl groups is 1.